The van der Waals surface area contributed by atoms with Gasteiger partial charge in [0.15, 0.2) is 5.16 Å². The molecule has 156 valence electrons. The van der Waals surface area contributed by atoms with Crippen LogP contribution in [0.5, 0.6) is 0 Å². The predicted octanol–water partition coefficient (Wildman–Crippen LogP) is 4.44. The van der Waals surface area contributed by atoms with E-state index < -0.39 is 5.25 Å². The number of nitrogens with zero attached hydrogens (tertiary/aromatic N) is 3. The summed E-state index contributed by atoms with van der Waals surface area (Å²) in [6, 6.07) is 9.66. The molecular weight excluding hydrogens is 414 g/mol. The van der Waals surface area contributed by atoms with Gasteiger partial charge in [-0.15, -0.1) is 17.9 Å². The number of thioether (sulfide) groups is 1. The lowest BCUT2D eigenvalue weighted by Crippen LogP contribution is -2.28. The molecule has 0 spiro atoms. The molecule has 2 heterocycles. The van der Waals surface area contributed by atoms with Crippen molar-refractivity contribution in [2.75, 3.05) is 14.1 Å². The molecule has 30 heavy (non-hydrogen) atoms. The average molecular weight is 440 g/mol. The number of likely N-dealkylation sites (N-methyl/N-ethyl adjacent to an activating group) is 1. The summed E-state index contributed by atoms with van der Waals surface area (Å²) in [7, 11) is 3.50. The van der Waals surface area contributed by atoms with E-state index in [2.05, 4.69) is 6.58 Å². The van der Waals surface area contributed by atoms with E-state index in [-0.39, 0.29) is 11.5 Å². The van der Waals surface area contributed by atoms with Crippen molar-refractivity contribution in [2.24, 2.45) is 0 Å². The highest BCUT2D eigenvalue weighted by molar-refractivity contribution is 8.00. The minimum atomic E-state index is -0.476. The molecule has 4 rings (SSSR count). The lowest BCUT2D eigenvalue weighted by molar-refractivity contribution is -0.128. The number of allylic oxidation sites excluding steroid dienone is 1. The number of amides is 1. The Labute approximate surface area is 184 Å². The molecule has 0 aliphatic heterocycles. The van der Waals surface area contributed by atoms with Crippen molar-refractivity contribution in [3.05, 3.63) is 69.3 Å². The molecule has 0 saturated heterocycles. The molecule has 1 atom stereocenters. The number of carbonyl (C=O) groups is 1. The summed E-state index contributed by atoms with van der Waals surface area (Å²) < 4.78 is 1.67. The molecule has 7 heteroatoms. The number of rotatable bonds is 6. The average Bonchev–Trinajstić information content (AvgIpc) is 3.13. The third-order valence-corrected chi connectivity index (χ3v) is 7.76. The van der Waals surface area contributed by atoms with Crippen LogP contribution in [0.15, 0.2) is 52.9 Å². The maximum Gasteiger partial charge on any atom is 0.263 e. The van der Waals surface area contributed by atoms with Gasteiger partial charge in [0.05, 0.1) is 5.39 Å². The van der Waals surface area contributed by atoms with Crippen molar-refractivity contribution in [1.82, 2.24) is 14.5 Å². The van der Waals surface area contributed by atoms with Crippen molar-refractivity contribution in [1.29, 1.82) is 0 Å². The molecule has 0 N–H and O–H groups in total. The van der Waals surface area contributed by atoms with E-state index >= 15 is 0 Å². The first-order valence-corrected chi connectivity index (χ1v) is 11.8. The van der Waals surface area contributed by atoms with Crippen molar-refractivity contribution >= 4 is 39.2 Å². The van der Waals surface area contributed by atoms with Crippen LogP contribution in [-0.2, 0) is 24.2 Å². The fraction of sp³-hybridized carbons (Fsp3) is 0.348. The Morgan fingerprint density at radius 1 is 1.30 bits per heavy atom. The van der Waals surface area contributed by atoms with Gasteiger partial charge in [-0.2, -0.15) is 0 Å². The molecule has 2 aromatic heterocycles. The normalized spacial score (nSPS) is 14.3. The monoisotopic (exact) mass is 439 g/mol. The molecule has 0 fully saturated rings. The number of hydrogen-bond donors (Lipinski definition) is 0. The summed E-state index contributed by atoms with van der Waals surface area (Å²) in [6.45, 7) is 4.19. The quantitative estimate of drug-likeness (QED) is 0.324. The standard InChI is InChI=1S/C23H25N3O2S2/c1-4-14-26-21(27)18-16-12-8-9-13-17(16)29-20(18)24-23(26)30-19(22(28)25(2)3)15-10-6-5-7-11-15/h4-7,10-11,19H,1,8-9,12-14H2,2-3H3. The summed E-state index contributed by atoms with van der Waals surface area (Å²) in [6.07, 6.45) is 5.95. The molecule has 5 nitrogen and oxygen atoms in total. The van der Waals surface area contributed by atoms with E-state index in [4.69, 9.17) is 4.98 Å². The van der Waals surface area contributed by atoms with Gasteiger partial charge in [0.2, 0.25) is 5.91 Å². The summed E-state index contributed by atoms with van der Waals surface area (Å²) in [4.78, 5) is 35.0. The van der Waals surface area contributed by atoms with Crippen molar-refractivity contribution in [3.8, 4) is 0 Å². The number of carbonyl (C=O) groups excluding carboxylic acids is 1. The van der Waals surface area contributed by atoms with Gasteiger partial charge in [-0.05, 0) is 36.8 Å². The first-order chi connectivity index (χ1) is 14.5. The Morgan fingerprint density at radius 2 is 2.03 bits per heavy atom. The first kappa shape index (κ1) is 20.9. The van der Waals surface area contributed by atoms with E-state index in [0.29, 0.717) is 11.7 Å². The second-order valence-corrected chi connectivity index (χ2v) is 9.79. The molecule has 0 saturated carbocycles. The van der Waals surface area contributed by atoms with Crippen LogP contribution in [0.1, 0.15) is 34.1 Å². The van der Waals surface area contributed by atoms with Gasteiger partial charge >= 0.3 is 0 Å². The highest BCUT2D eigenvalue weighted by Gasteiger charge is 2.28. The zero-order valence-electron chi connectivity index (χ0n) is 17.3. The number of benzene rings is 1. The zero-order valence-corrected chi connectivity index (χ0v) is 18.9. The second-order valence-electron chi connectivity index (χ2n) is 7.63. The van der Waals surface area contributed by atoms with Gasteiger partial charge in [0.1, 0.15) is 10.1 Å². The summed E-state index contributed by atoms with van der Waals surface area (Å²) in [5.74, 6) is -0.0313. The Hall–Kier alpha value is -2.38. The minimum absolute atomic E-state index is 0.0223. The summed E-state index contributed by atoms with van der Waals surface area (Å²) in [5.41, 5.74) is 2.05. The van der Waals surface area contributed by atoms with Gasteiger partial charge in [0.25, 0.3) is 5.56 Å². The Bertz CT molecular complexity index is 1150. The number of thiophene rings is 1. The molecule has 1 aliphatic carbocycles. The molecule has 1 amide bonds. The van der Waals surface area contributed by atoms with Crippen molar-refractivity contribution < 1.29 is 4.79 Å². The number of aromatic nitrogens is 2. The molecule has 1 aliphatic rings. The van der Waals surface area contributed by atoms with Gasteiger partial charge in [-0.3, -0.25) is 14.2 Å². The number of fused-ring (bicyclic) bond motifs is 3. The third kappa shape index (κ3) is 3.84. The zero-order chi connectivity index (χ0) is 21.3. The molecule has 0 bridgehead atoms. The van der Waals surface area contributed by atoms with Gasteiger partial charge in [0, 0.05) is 25.5 Å². The third-order valence-electron chi connectivity index (χ3n) is 5.34. The molecular formula is C23H25N3O2S2. The number of hydrogen-bond acceptors (Lipinski definition) is 5. The van der Waals surface area contributed by atoms with Crippen LogP contribution < -0.4 is 5.56 Å². The topological polar surface area (TPSA) is 55.2 Å². The van der Waals surface area contributed by atoms with Crippen molar-refractivity contribution in [3.63, 3.8) is 0 Å². The van der Waals surface area contributed by atoms with E-state index in [1.54, 1.807) is 41.0 Å². The maximum atomic E-state index is 13.5. The Balaban J connectivity index is 1.86. The molecule has 0 radical (unpaired) electrons. The summed E-state index contributed by atoms with van der Waals surface area (Å²) in [5, 5.41) is 0.849. The van der Waals surface area contributed by atoms with Crippen LogP contribution in [-0.4, -0.2) is 34.5 Å². The molecule has 1 aromatic carbocycles. The Morgan fingerprint density at radius 3 is 2.73 bits per heavy atom. The second kappa shape index (κ2) is 8.78. The van der Waals surface area contributed by atoms with E-state index in [9.17, 15) is 9.59 Å². The molecule has 1 unspecified atom stereocenters. The van der Waals surface area contributed by atoms with Gasteiger partial charge in [-0.25, -0.2) is 4.98 Å². The highest BCUT2D eigenvalue weighted by Crippen LogP contribution is 2.38. The van der Waals surface area contributed by atoms with Gasteiger partial charge in [-0.1, -0.05) is 48.2 Å². The fourth-order valence-electron chi connectivity index (χ4n) is 3.83. The lowest BCUT2D eigenvalue weighted by atomic mass is 9.97. The van der Waals surface area contributed by atoms with Crippen LogP contribution in [0.2, 0.25) is 0 Å². The van der Waals surface area contributed by atoms with Crippen LogP contribution >= 0.6 is 23.1 Å². The van der Waals surface area contributed by atoms with Crippen molar-refractivity contribution in [2.45, 2.75) is 42.6 Å². The van der Waals surface area contributed by atoms with Crippen LogP contribution in [0.25, 0.3) is 10.2 Å². The van der Waals surface area contributed by atoms with Crippen LogP contribution in [0.4, 0.5) is 0 Å². The van der Waals surface area contributed by atoms with E-state index in [1.165, 1.54) is 22.2 Å². The number of aryl methyl sites for hydroxylation is 2. The fourth-order valence-corrected chi connectivity index (χ4v) is 6.38. The maximum absolute atomic E-state index is 13.5. The predicted molar refractivity (Wildman–Crippen MR) is 124 cm³/mol. The smallest absolute Gasteiger partial charge is 0.263 e. The highest BCUT2D eigenvalue weighted by atomic mass is 32.2. The largest absolute Gasteiger partial charge is 0.348 e. The Kier molecular flexibility index (Phi) is 6.11. The SMILES string of the molecule is C=CCn1c(SC(C(=O)N(C)C)c2ccccc2)nc2sc3c(c2c1=O)CCCC3. The molecule has 3 aromatic rings. The van der Waals surface area contributed by atoms with Crippen LogP contribution in [0, 0.1) is 0 Å². The minimum Gasteiger partial charge on any atom is -0.348 e. The van der Waals surface area contributed by atoms with Gasteiger partial charge < -0.3 is 4.90 Å². The van der Waals surface area contributed by atoms with E-state index in [0.717, 1.165) is 41.5 Å². The lowest BCUT2D eigenvalue weighted by Gasteiger charge is -2.21. The van der Waals surface area contributed by atoms with Crippen LogP contribution in [0.3, 0.4) is 0 Å². The summed E-state index contributed by atoms with van der Waals surface area (Å²) >= 11 is 2.97. The first-order valence-electron chi connectivity index (χ1n) is 10.1. The van der Waals surface area contributed by atoms with E-state index in [1.807, 2.05) is 30.3 Å².